The summed E-state index contributed by atoms with van der Waals surface area (Å²) in [7, 11) is 0. The molecule has 2 heterocycles. The Hall–Kier alpha value is -2.06. The van der Waals surface area contributed by atoms with E-state index in [2.05, 4.69) is 5.32 Å². The highest BCUT2D eigenvalue weighted by molar-refractivity contribution is 6.32. The molecule has 17 heteroatoms. The van der Waals surface area contributed by atoms with Gasteiger partial charge in [-0.15, -0.1) is 0 Å². The molecule has 0 aliphatic carbocycles. The van der Waals surface area contributed by atoms with E-state index >= 15 is 0 Å². The molecule has 0 saturated carbocycles. The highest BCUT2D eigenvalue weighted by atomic mass is 35.5. The van der Waals surface area contributed by atoms with Crippen molar-refractivity contribution in [3.63, 3.8) is 0 Å². The molecule has 2 fully saturated rings. The smallest absolute Gasteiger partial charge is 0.288 e. The van der Waals surface area contributed by atoms with Crippen molar-refractivity contribution in [2.75, 3.05) is 13.2 Å². The first-order valence-corrected chi connectivity index (χ1v) is 10.7. The third kappa shape index (κ3) is 6.08. The minimum Gasteiger partial charge on any atom is -0.412 e. The first-order chi connectivity index (χ1) is 16.5. The lowest BCUT2D eigenvalue weighted by Crippen LogP contribution is -2.66. The van der Waals surface area contributed by atoms with E-state index in [0.29, 0.717) is 0 Å². The molecule has 204 valence electrons. The van der Waals surface area contributed by atoms with Gasteiger partial charge in [-0.05, 0) is 12.1 Å². The van der Waals surface area contributed by atoms with Crippen LogP contribution in [0.5, 0.6) is 0 Å². The second-order valence-electron chi connectivity index (χ2n) is 7.95. The maximum atomic E-state index is 12.6. The molecular formula is C19H27ClN2O14. The molecule has 10 atom stereocenters. The summed E-state index contributed by atoms with van der Waals surface area (Å²) in [5.74, 6) is -0.925. The minimum absolute atomic E-state index is 0. The Kier molecular flexibility index (Phi) is 10.4. The van der Waals surface area contributed by atoms with Gasteiger partial charge < -0.3 is 60.7 Å². The second-order valence-corrected chi connectivity index (χ2v) is 8.36. The van der Waals surface area contributed by atoms with Crippen LogP contribution in [0.4, 0.5) is 5.69 Å². The van der Waals surface area contributed by atoms with E-state index < -0.39 is 91.1 Å². The molecule has 2 aliphatic heterocycles. The number of nitro benzene ring substituents is 1. The normalized spacial score (nSPS) is 36.6. The number of carbonyl (C=O) groups is 1. The fourth-order valence-corrected chi connectivity index (χ4v) is 3.90. The van der Waals surface area contributed by atoms with Crippen LogP contribution in [0.3, 0.4) is 0 Å². The van der Waals surface area contributed by atoms with E-state index in [0.717, 1.165) is 12.1 Å². The predicted octanol–water partition coefficient (Wildman–Crippen LogP) is -4.22. The summed E-state index contributed by atoms with van der Waals surface area (Å²) >= 11 is 5.73. The van der Waals surface area contributed by atoms with Crippen molar-refractivity contribution < 1.29 is 65.2 Å². The topological polar surface area (TPSA) is 273 Å². The number of nitro groups is 1. The van der Waals surface area contributed by atoms with Gasteiger partial charge in [0.05, 0.1) is 18.1 Å². The number of hydrogen-bond acceptors (Lipinski definition) is 13. The molecule has 10 N–H and O–H groups in total. The van der Waals surface area contributed by atoms with E-state index in [4.69, 9.17) is 25.8 Å². The van der Waals surface area contributed by atoms with Gasteiger partial charge in [0, 0.05) is 11.6 Å². The molecule has 0 spiro atoms. The van der Waals surface area contributed by atoms with Gasteiger partial charge in [0.15, 0.2) is 12.5 Å². The Labute approximate surface area is 207 Å². The third-order valence-corrected chi connectivity index (χ3v) is 6.00. The number of ether oxygens (including phenoxy) is 3. The Morgan fingerprint density at radius 1 is 1.00 bits per heavy atom. The molecule has 3 rings (SSSR count). The van der Waals surface area contributed by atoms with E-state index in [9.17, 15) is 50.7 Å². The number of nitrogens with one attached hydrogen (secondary N) is 1. The summed E-state index contributed by atoms with van der Waals surface area (Å²) in [5, 5.41) is 83.0. The highest BCUT2D eigenvalue weighted by Crippen LogP contribution is 2.29. The van der Waals surface area contributed by atoms with Crippen molar-refractivity contribution in [1.82, 2.24) is 5.32 Å². The molecule has 0 aromatic heterocycles. The van der Waals surface area contributed by atoms with E-state index in [1.807, 2.05) is 0 Å². The minimum atomic E-state index is -1.85. The van der Waals surface area contributed by atoms with Crippen LogP contribution in [-0.4, -0.2) is 127 Å². The van der Waals surface area contributed by atoms with Crippen LogP contribution in [0, 0.1) is 10.1 Å². The van der Waals surface area contributed by atoms with Crippen molar-refractivity contribution in [3.8, 4) is 0 Å². The summed E-state index contributed by atoms with van der Waals surface area (Å²) in [5.41, 5.74) is -0.739. The first kappa shape index (κ1) is 30.2. The molecule has 2 aliphatic rings. The van der Waals surface area contributed by atoms with Crippen molar-refractivity contribution in [1.29, 1.82) is 0 Å². The van der Waals surface area contributed by atoms with Crippen molar-refractivity contribution in [2.45, 2.75) is 61.3 Å². The number of carbonyl (C=O) groups excluding carboxylic acids is 1. The SMILES string of the molecule is O.O=C(N[C@@H]1O[C@H](CO)[C@@H](O[C@H]2O[C@H](CO)[C@@H](O)[C@H](O)[C@H]2O)[C@H](O)[C@H]1O)c1ccc(Cl)c([N+](=O)[O-])c1. The van der Waals surface area contributed by atoms with E-state index in [-0.39, 0.29) is 16.1 Å². The number of aliphatic hydroxyl groups excluding tert-OH is 7. The van der Waals surface area contributed by atoms with Gasteiger partial charge in [0.2, 0.25) is 0 Å². The van der Waals surface area contributed by atoms with Gasteiger partial charge in [-0.2, -0.15) is 0 Å². The third-order valence-electron chi connectivity index (χ3n) is 5.68. The Morgan fingerprint density at radius 2 is 1.64 bits per heavy atom. The zero-order chi connectivity index (χ0) is 26.0. The molecule has 16 nitrogen and oxygen atoms in total. The first-order valence-electron chi connectivity index (χ1n) is 10.3. The fraction of sp³-hybridized carbons (Fsp3) is 0.632. The monoisotopic (exact) mass is 542 g/mol. The number of benzene rings is 1. The van der Waals surface area contributed by atoms with Gasteiger partial charge in [-0.1, -0.05) is 11.6 Å². The number of halogens is 1. The van der Waals surface area contributed by atoms with Crippen LogP contribution in [0.1, 0.15) is 10.4 Å². The van der Waals surface area contributed by atoms with Crippen LogP contribution in [0.2, 0.25) is 5.02 Å². The summed E-state index contributed by atoms with van der Waals surface area (Å²) in [4.78, 5) is 22.8. The number of aliphatic hydroxyl groups is 7. The Bertz CT molecular complexity index is 920. The largest absolute Gasteiger partial charge is 0.412 e. The lowest BCUT2D eigenvalue weighted by atomic mass is 9.96. The van der Waals surface area contributed by atoms with Gasteiger partial charge >= 0.3 is 0 Å². The average molecular weight is 543 g/mol. The average Bonchev–Trinajstić information content (AvgIpc) is 2.83. The number of nitrogens with zero attached hydrogens (tertiary/aromatic N) is 1. The maximum Gasteiger partial charge on any atom is 0.288 e. The second kappa shape index (κ2) is 12.5. The Morgan fingerprint density at radius 3 is 2.22 bits per heavy atom. The molecule has 0 radical (unpaired) electrons. The molecule has 1 aromatic rings. The van der Waals surface area contributed by atoms with Crippen LogP contribution in [0.15, 0.2) is 18.2 Å². The lowest BCUT2D eigenvalue weighted by Gasteiger charge is -2.46. The summed E-state index contributed by atoms with van der Waals surface area (Å²) < 4.78 is 16.1. The zero-order valence-electron chi connectivity index (χ0n) is 18.3. The zero-order valence-corrected chi connectivity index (χ0v) is 19.1. The number of amides is 1. The molecular weight excluding hydrogens is 516 g/mol. The van der Waals surface area contributed by atoms with E-state index in [1.165, 1.54) is 6.07 Å². The fourth-order valence-electron chi connectivity index (χ4n) is 3.72. The number of hydrogen-bond donors (Lipinski definition) is 8. The van der Waals surface area contributed by atoms with Gasteiger partial charge in [-0.3, -0.25) is 14.9 Å². The van der Waals surface area contributed by atoms with Crippen molar-refractivity contribution in [3.05, 3.63) is 38.9 Å². The van der Waals surface area contributed by atoms with Crippen LogP contribution in [-0.2, 0) is 14.2 Å². The summed E-state index contributed by atoms with van der Waals surface area (Å²) in [6.45, 7) is -1.54. The van der Waals surface area contributed by atoms with Crippen LogP contribution < -0.4 is 5.32 Å². The van der Waals surface area contributed by atoms with Crippen LogP contribution >= 0.6 is 11.6 Å². The standard InChI is InChI=1S/C19H25ClN2O13.H2O/c20-7-2-1-6(3-8(7)22(31)32)17(30)21-18-14(28)13(27)16(10(5-24)33-18)35-19-15(29)12(26)11(25)9(4-23)34-19;/h1-3,9-16,18-19,23-29H,4-5H2,(H,21,30);1H2/t9-,10-,11-,12+,13-,14-,15-,16-,18-,19-;/m1./s1. The lowest BCUT2D eigenvalue weighted by molar-refractivity contribution is -0.384. The van der Waals surface area contributed by atoms with Gasteiger partial charge in [0.25, 0.3) is 11.6 Å². The molecule has 0 bridgehead atoms. The molecule has 36 heavy (non-hydrogen) atoms. The molecule has 1 aromatic carbocycles. The van der Waals surface area contributed by atoms with Gasteiger partial charge in [0.1, 0.15) is 53.9 Å². The summed E-state index contributed by atoms with van der Waals surface area (Å²) in [6.07, 6.45) is -16.5. The highest BCUT2D eigenvalue weighted by Gasteiger charge is 2.50. The summed E-state index contributed by atoms with van der Waals surface area (Å²) in [6, 6.07) is 3.21. The Balaban J connectivity index is 0.00000456. The molecule has 2 saturated heterocycles. The van der Waals surface area contributed by atoms with E-state index in [1.54, 1.807) is 0 Å². The maximum absolute atomic E-state index is 12.6. The van der Waals surface area contributed by atoms with Crippen molar-refractivity contribution in [2.24, 2.45) is 0 Å². The number of rotatable bonds is 7. The van der Waals surface area contributed by atoms with Gasteiger partial charge in [-0.25, -0.2) is 0 Å². The predicted molar refractivity (Wildman–Crippen MR) is 116 cm³/mol. The molecule has 1 amide bonds. The molecule has 0 unspecified atom stereocenters. The quantitative estimate of drug-likeness (QED) is 0.120. The van der Waals surface area contributed by atoms with Crippen LogP contribution in [0.25, 0.3) is 0 Å². The van der Waals surface area contributed by atoms with Crippen molar-refractivity contribution >= 4 is 23.2 Å².